The van der Waals surface area contributed by atoms with Gasteiger partial charge in [-0.25, -0.2) is 9.18 Å². The summed E-state index contributed by atoms with van der Waals surface area (Å²) < 4.78 is 18.6. The number of rotatable bonds is 5. The summed E-state index contributed by atoms with van der Waals surface area (Å²) in [5, 5.41) is 11.3. The molecule has 0 aliphatic heterocycles. The highest BCUT2D eigenvalue weighted by atomic mass is 19.1. The molecule has 0 saturated carbocycles. The first-order valence-electron chi connectivity index (χ1n) is 9.13. The van der Waals surface area contributed by atoms with E-state index < -0.39 is 17.4 Å². The van der Waals surface area contributed by atoms with E-state index in [0.29, 0.717) is 16.5 Å². The third-order valence-electron chi connectivity index (χ3n) is 4.93. The van der Waals surface area contributed by atoms with Crippen LogP contribution in [-0.4, -0.2) is 10.9 Å². The minimum Gasteiger partial charge on any atom is -0.507 e. The van der Waals surface area contributed by atoms with Crippen molar-refractivity contribution in [2.45, 2.75) is 12.3 Å². The molecule has 1 unspecified atom stereocenters. The number of aromatic hydroxyl groups is 1. The number of hydrogen-bond donors (Lipinski definition) is 1. The van der Waals surface area contributed by atoms with Gasteiger partial charge >= 0.3 is 5.63 Å². The summed E-state index contributed by atoms with van der Waals surface area (Å²) in [5.41, 5.74) is 0.639. The summed E-state index contributed by atoms with van der Waals surface area (Å²) in [7, 11) is 0. The van der Waals surface area contributed by atoms with Crippen LogP contribution in [0, 0.1) is 5.82 Å². The Kier molecular flexibility index (Phi) is 4.96. The second-order valence-electron chi connectivity index (χ2n) is 6.75. The molecular formula is C24H17FO4. The lowest BCUT2D eigenvalue weighted by atomic mass is 9.85. The first-order valence-corrected chi connectivity index (χ1v) is 9.13. The molecule has 1 N–H and O–H groups in total. The van der Waals surface area contributed by atoms with Crippen molar-refractivity contribution < 1.29 is 18.7 Å². The van der Waals surface area contributed by atoms with Crippen LogP contribution in [0.15, 0.2) is 88.1 Å². The Balaban J connectivity index is 1.84. The molecule has 29 heavy (non-hydrogen) atoms. The van der Waals surface area contributed by atoms with Crippen LogP contribution in [0.3, 0.4) is 0 Å². The van der Waals surface area contributed by atoms with Crippen LogP contribution in [0.2, 0.25) is 0 Å². The predicted molar refractivity (Wildman–Crippen MR) is 108 cm³/mol. The molecule has 0 spiro atoms. The van der Waals surface area contributed by atoms with Gasteiger partial charge in [-0.15, -0.1) is 0 Å². The molecule has 1 heterocycles. The van der Waals surface area contributed by atoms with Gasteiger partial charge in [0, 0.05) is 17.9 Å². The highest BCUT2D eigenvalue weighted by Gasteiger charge is 2.27. The number of para-hydroxylation sites is 1. The smallest absolute Gasteiger partial charge is 0.343 e. The van der Waals surface area contributed by atoms with E-state index in [-0.39, 0.29) is 29.1 Å². The minimum atomic E-state index is -0.713. The summed E-state index contributed by atoms with van der Waals surface area (Å²) in [6, 6.07) is 20.9. The molecule has 0 aliphatic rings. The van der Waals surface area contributed by atoms with Crippen LogP contribution < -0.4 is 5.63 Å². The Morgan fingerprint density at radius 1 is 0.931 bits per heavy atom. The summed E-state index contributed by atoms with van der Waals surface area (Å²) in [6.07, 6.45) is -0.0771. The SMILES string of the molecule is O=C(CC(c1ccccc1)c1c(O)c2ccccc2oc1=O)c1ccc(F)cc1. The van der Waals surface area contributed by atoms with Gasteiger partial charge < -0.3 is 9.52 Å². The third kappa shape index (κ3) is 3.67. The number of Topliss-reactive ketones (excluding diaryl/α,β-unsaturated/α-hetero) is 1. The number of fused-ring (bicyclic) bond motifs is 1. The molecule has 4 rings (SSSR count). The van der Waals surface area contributed by atoms with Crippen molar-refractivity contribution in [3.05, 3.63) is 112 Å². The topological polar surface area (TPSA) is 67.5 Å². The first-order chi connectivity index (χ1) is 14.0. The van der Waals surface area contributed by atoms with E-state index in [1.165, 1.54) is 24.3 Å². The van der Waals surface area contributed by atoms with Gasteiger partial charge in [-0.1, -0.05) is 42.5 Å². The van der Waals surface area contributed by atoms with Crippen LogP contribution in [0.5, 0.6) is 5.75 Å². The number of carbonyl (C=O) groups is 1. The van der Waals surface area contributed by atoms with Crippen molar-refractivity contribution in [2.75, 3.05) is 0 Å². The monoisotopic (exact) mass is 388 g/mol. The van der Waals surface area contributed by atoms with E-state index in [4.69, 9.17) is 4.42 Å². The molecule has 0 bridgehead atoms. The molecular weight excluding hydrogens is 371 g/mol. The molecule has 4 aromatic rings. The fraction of sp³-hybridized carbons (Fsp3) is 0.0833. The zero-order valence-corrected chi connectivity index (χ0v) is 15.3. The Morgan fingerprint density at radius 3 is 2.31 bits per heavy atom. The minimum absolute atomic E-state index is 0.0327. The summed E-state index contributed by atoms with van der Waals surface area (Å²) in [5.74, 6) is -1.62. The highest BCUT2D eigenvalue weighted by molar-refractivity contribution is 5.97. The molecule has 1 atom stereocenters. The maximum atomic E-state index is 13.2. The van der Waals surface area contributed by atoms with Gasteiger partial charge in [-0.2, -0.15) is 0 Å². The van der Waals surface area contributed by atoms with Gasteiger partial charge in [0.15, 0.2) is 5.78 Å². The summed E-state index contributed by atoms with van der Waals surface area (Å²) >= 11 is 0. The van der Waals surface area contributed by atoms with Crippen LogP contribution >= 0.6 is 0 Å². The Hall–Kier alpha value is -3.73. The molecule has 144 valence electrons. The van der Waals surface area contributed by atoms with Gasteiger partial charge in [0.05, 0.1) is 10.9 Å². The van der Waals surface area contributed by atoms with E-state index >= 15 is 0 Å². The number of ketones is 1. The van der Waals surface area contributed by atoms with Crippen molar-refractivity contribution in [3.8, 4) is 5.75 Å². The lowest BCUT2D eigenvalue weighted by Gasteiger charge is -2.18. The largest absolute Gasteiger partial charge is 0.507 e. The van der Waals surface area contributed by atoms with Crippen LogP contribution in [0.1, 0.15) is 33.8 Å². The normalized spacial score (nSPS) is 12.0. The van der Waals surface area contributed by atoms with E-state index in [0.717, 1.165) is 0 Å². The lowest BCUT2D eigenvalue weighted by Crippen LogP contribution is -2.17. The fourth-order valence-corrected chi connectivity index (χ4v) is 3.47. The van der Waals surface area contributed by atoms with Crippen molar-refractivity contribution in [1.82, 2.24) is 0 Å². The Morgan fingerprint density at radius 2 is 1.59 bits per heavy atom. The first kappa shape index (κ1) is 18.6. The zero-order valence-electron chi connectivity index (χ0n) is 15.3. The van der Waals surface area contributed by atoms with Crippen molar-refractivity contribution in [1.29, 1.82) is 0 Å². The van der Waals surface area contributed by atoms with Gasteiger partial charge in [-0.3, -0.25) is 4.79 Å². The van der Waals surface area contributed by atoms with E-state index in [1.54, 1.807) is 48.5 Å². The van der Waals surface area contributed by atoms with Crippen molar-refractivity contribution >= 4 is 16.8 Å². The Bertz CT molecular complexity index is 1230. The van der Waals surface area contributed by atoms with Crippen molar-refractivity contribution in [3.63, 3.8) is 0 Å². The molecule has 0 saturated heterocycles. The molecule has 4 nitrogen and oxygen atoms in total. The van der Waals surface area contributed by atoms with Gasteiger partial charge in [0.2, 0.25) is 0 Å². The average Bonchev–Trinajstić information content (AvgIpc) is 2.74. The highest BCUT2D eigenvalue weighted by Crippen LogP contribution is 2.36. The molecule has 3 aromatic carbocycles. The van der Waals surface area contributed by atoms with E-state index in [1.807, 2.05) is 6.07 Å². The lowest BCUT2D eigenvalue weighted by molar-refractivity contribution is 0.0977. The van der Waals surface area contributed by atoms with E-state index in [2.05, 4.69) is 0 Å². The third-order valence-corrected chi connectivity index (χ3v) is 4.93. The summed E-state index contributed by atoms with van der Waals surface area (Å²) in [4.78, 5) is 25.6. The zero-order chi connectivity index (χ0) is 20.4. The number of carbonyl (C=O) groups excluding carboxylic acids is 1. The van der Waals surface area contributed by atoms with Crippen LogP contribution in [-0.2, 0) is 0 Å². The molecule has 0 fully saturated rings. The standard InChI is InChI=1S/C24H17FO4/c25-17-12-10-16(11-13-17)20(26)14-19(15-6-2-1-3-7-15)22-23(27)18-8-4-5-9-21(18)29-24(22)28/h1-13,19,27H,14H2. The van der Waals surface area contributed by atoms with Crippen LogP contribution in [0.4, 0.5) is 4.39 Å². The van der Waals surface area contributed by atoms with E-state index in [9.17, 15) is 19.1 Å². The molecule has 1 aromatic heterocycles. The second kappa shape index (κ2) is 7.72. The average molecular weight is 388 g/mol. The number of halogens is 1. The molecule has 0 radical (unpaired) electrons. The second-order valence-corrected chi connectivity index (χ2v) is 6.75. The maximum Gasteiger partial charge on any atom is 0.343 e. The molecule has 5 heteroatoms. The van der Waals surface area contributed by atoms with Crippen molar-refractivity contribution in [2.24, 2.45) is 0 Å². The van der Waals surface area contributed by atoms with Gasteiger partial charge in [0.1, 0.15) is 17.1 Å². The maximum absolute atomic E-state index is 13.2. The van der Waals surface area contributed by atoms with Gasteiger partial charge in [0.25, 0.3) is 0 Å². The Labute approximate surface area is 165 Å². The predicted octanol–water partition coefficient (Wildman–Crippen LogP) is 5.04. The molecule has 0 aliphatic carbocycles. The summed E-state index contributed by atoms with van der Waals surface area (Å²) in [6.45, 7) is 0. The molecule has 0 amide bonds. The van der Waals surface area contributed by atoms with Crippen LogP contribution in [0.25, 0.3) is 11.0 Å². The van der Waals surface area contributed by atoms with Gasteiger partial charge in [-0.05, 0) is 42.0 Å². The quantitative estimate of drug-likeness (QED) is 0.384. The number of benzene rings is 3. The fourth-order valence-electron chi connectivity index (χ4n) is 3.47. The number of hydrogen-bond acceptors (Lipinski definition) is 4.